The summed E-state index contributed by atoms with van der Waals surface area (Å²) < 4.78 is 5.13. The molecule has 1 unspecified atom stereocenters. The van der Waals surface area contributed by atoms with Crippen LogP contribution in [0.3, 0.4) is 0 Å². The van der Waals surface area contributed by atoms with E-state index in [4.69, 9.17) is 10.5 Å². The third-order valence-electron chi connectivity index (χ3n) is 3.15. The van der Waals surface area contributed by atoms with Gasteiger partial charge < -0.3 is 10.5 Å². The number of allylic oxidation sites excluding steroid dienone is 1. The lowest BCUT2D eigenvalue weighted by molar-refractivity contribution is 0.414. The van der Waals surface area contributed by atoms with E-state index in [2.05, 4.69) is 18.2 Å². The lowest BCUT2D eigenvalue weighted by Gasteiger charge is -2.02. The summed E-state index contributed by atoms with van der Waals surface area (Å²) in [5.74, 6) is 0.916. The van der Waals surface area contributed by atoms with Gasteiger partial charge in [-0.1, -0.05) is 23.8 Å². The maximum Gasteiger partial charge on any atom is 0.118 e. The number of hydrogen-bond donors (Lipinski definition) is 1. The summed E-state index contributed by atoms with van der Waals surface area (Å²) in [6.45, 7) is 0. The fourth-order valence-corrected chi connectivity index (χ4v) is 2.12. The Morgan fingerprint density at radius 3 is 2.69 bits per heavy atom. The molecule has 0 heterocycles. The van der Waals surface area contributed by atoms with Crippen LogP contribution in [0.1, 0.15) is 24.8 Å². The first-order valence-corrected chi connectivity index (χ1v) is 5.84. The summed E-state index contributed by atoms with van der Waals surface area (Å²) in [5, 5.41) is 0. The molecular formula is C14H19NO. The molecule has 1 aromatic rings. The Balaban J connectivity index is 1.94. The van der Waals surface area contributed by atoms with E-state index >= 15 is 0 Å². The molecule has 86 valence electrons. The van der Waals surface area contributed by atoms with Gasteiger partial charge in [0.1, 0.15) is 5.75 Å². The minimum Gasteiger partial charge on any atom is -0.497 e. The number of benzene rings is 1. The second-order valence-electron chi connectivity index (χ2n) is 4.42. The summed E-state index contributed by atoms with van der Waals surface area (Å²) in [7, 11) is 1.69. The number of hydrogen-bond acceptors (Lipinski definition) is 2. The first-order chi connectivity index (χ1) is 7.78. The Bertz CT molecular complexity index is 367. The molecule has 0 amide bonds. The number of rotatable bonds is 3. The first kappa shape index (κ1) is 11.2. The van der Waals surface area contributed by atoms with Crippen LogP contribution in [0.25, 0.3) is 0 Å². The third kappa shape index (κ3) is 2.86. The normalized spacial score (nSPS) is 22.6. The zero-order valence-electron chi connectivity index (χ0n) is 9.78. The molecule has 0 radical (unpaired) electrons. The summed E-state index contributed by atoms with van der Waals surface area (Å²) in [4.78, 5) is 0. The van der Waals surface area contributed by atoms with E-state index in [1.165, 1.54) is 17.6 Å². The van der Waals surface area contributed by atoms with Crippen molar-refractivity contribution in [3.05, 3.63) is 41.5 Å². The van der Waals surface area contributed by atoms with Crippen LogP contribution in [-0.4, -0.2) is 13.2 Å². The summed E-state index contributed by atoms with van der Waals surface area (Å²) >= 11 is 0. The van der Waals surface area contributed by atoms with E-state index in [9.17, 15) is 0 Å². The second-order valence-corrected chi connectivity index (χ2v) is 4.42. The van der Waals surface area contributed by atoms with Gasteiger partial charge in [0.25, 0.3) is 0 Å². The fourth-order valence-electron chi connectivity index (χ4n) is 2.12. The molecule has 0 aromatic heterocycles. The van der Waals surface area contributed by atoms with Crippen LogP contribution in [0.15, 0.2) is 35.9 Å². The van der Waals surface area contributed by atoms with Crippen molar-refractivity contribution < 1.29 is 4.74 Å². The number of ether oxygens (including phenoxy) is 1. The highest BCUT2D eigenvalue weighted by Gasteiger charge is 2.14. The van der Waals surface area contributed by atoms with E-state index in [0.717, 1.165) is 25.0 Å². The minimum atomic E-state index is 0.391. The summed E-state index contributed by atoms with van der Waals surface area (Å²) in [5.41, 5.74) is 8.72. The average Bonchev–Trinajstić information content (AvgIpc) is 2.73. The molecule has 2 rings (SSSR count). The van der Waals surface area contributed by atoms with Crippen molar-refractivity contribution >= 4 is 0 Å². The first-order valence-electron chi connectivity index (χ1n) is 5.84. The fraction of sp³-hybridized carbons (Fsp3) is 0.429. The molecule has 1 saturated carbocycles. The van der Waals surface area contributed by atoms with Crippen LogP contribution in [-0.2, 0) is 6.42 Å². The van der Waals surface area contributed by atoms with Gasteiger partial charge in [-0.3, -0.25) is 0 Å². The molecule has 0 saturated heterocycles. The molecule has 0 bridgehead atoms. The van der Waals surface area contributed by atoms with Crippen LogP contribution < -0.4 is 10.5 Å². The Morgan fingerprint density at radius 1 is 1.38 bits per heavy atom. The predicted octanol–water partition coefficient (Wildman–Crippen LogP) is 2.68. The van der Waals surface area contributed by atoms with Crippen molar-refractivity contribution in [1.82, 2.24) is 0 Å². The van der Waals surface area contributed by atoms with Crippen molar-refractivity contribution in [3.8, 4) is 5.75 Å². The van der Waals surface area contributed by atoms with E-state index in [0.29, 0.717) is 6.04 Å². The van der Waals surface area contributed by atoms with Gasteiger partial charge in [-0.15, -0.1) is 0 Å². The van der Waals surface area contributed by atoms with Crippen LogP contribution in [0.5, 0.6) is 5.75 Å². The van der Waals surface area contributed by atoms with Crippen LogP contribution in [0.4, 0.5) is 0 Å². The van der Waals surface area contributed by atoms with Gasteiger partial charge in [0, 0.05) is 6.04 Å². The molecule has 1 aliphatic rings. The van der Waals surface area contributed by atoms with Crippen LogP contribution >= 0.6 is 0 Å². The van der Waals surface area contributed by atoms with Crippen molar-refractivity contribution in [2.24, 2.45) is 5.73 Å². The lowest BCUT2D eigenvalue weighted by Crippen LogP contribution is -2.13. The zero-order chi connectivity index (χ0) is 11.4. The molecule has 1 fully saturated rings. The maximum absolute atomic E-state index is 5.87. The van der Waals surface area contributed by atoms with E-state index < -0.39 is 0 Å². The van der Waals surface area contributed by atoms with Crippen molar-refractivity contribution in [2.45, 2.75) is 31.7 Å². The van der Waals surface area contributed by atoms with E-state index in [1.54, 1.807) is 7.11 Å². The van der Waals surface area contributed by atoms with Gasteiger partial charge in [0.05, 0.1) is 7.11 Å². The molecule has 2 N–H and O–H groups in total. The molecule has 1 aromatic carbocycles. The highest BCUT2D eigenvalue weighted by molar-refractivity contribution is 5.29. The van der Waals surface area contributed by atoms with Gasteiger partial charge in [-0.2, -0.15) is 0 Å². The molecule has 1 aliphatic carbocycles. The van der Waals surface area contributed by atoms with Crippen LogP contribution in [0, 0.1) is 0 Å². The van der Waals surface area contributed by atoms with Crippen molar-refractivity contribution in [3.63, 3.8) is 0 Å². The van der Waals surface area contributed by atoms with E-state index in [1.807, 2.05) is 12.1 Å². The highest BCUT2D eigenvalue weighted by atomic mass is 16.5. The third-order valence-corrected chi connectivity index (χ3v) is 3.15. The molecule has 0 aliphatic heterocycles. The van der Waals surface area contributed by atoms with Gasteiger partial charge in [0.2, 0.25) is 0 Å². The van der Waals surface area contributed by atoms with Crippen molar-refractivity contribution in [2.75, 3.05) is 7.11 Å². The Kier molecular flexibility index (Phi) is 3.62. The smallest absolute Gasteiger partial charge is 0.118 e. The number of methoxy groups -OCH3 is 1. The lowest BCUT2D eigenvalue weighted by atomic mass is 10.1. The Labute approximate surface area is 97.1 Å². The van der Waals surface area contributed by atoms with Crippen LogP contribution in [0.2, 0.25) is 0 Å². The Hall–Kier alpha value is -1.28. The minimum absolute atomic E-state index is 0.391. The molecule has 0 spiro atoms. The zero-order valence-corrected chi connectivity index (χ0v) is 9.78. The topological polar surface area (TPSA) is 35.2 Å². The van der Waals surface area contributed by atoms with Gasteiger partial charge in [-0.05, 0) is 43.4 Å². The monoisotopic (exact) mass is 217 g/mol. The molecule has 2 heteroatoms. The van der Waals surface area contributed by atoms with Gasteiger partial charge in [0.15, 0.2) is 0 Å². The Morgan fingerprint density at radius 2 is 2.12 bits per heavy atom. The molecule has 16 heavy (non-hydrogen) atoms. The molecule has 2 nitrogen and oxygen atoms in total. The van der Waals surface area contributed by atoms with Gasteiger partial charge >= 0.3 is 0 Å². The van der Waals surface area contributed by atoms with Crippen molar-refractivity contribution in [1.29, 1.82) is 0 Å². The summed E-state index contributed by atoms with van der Waals surface area (Å²) in [6.07, 6.45) is 6.74. The standard InChI is InChI=1S/C14H19NO/c1-16-14-8-5-11(6-9-14)2-3-12-4-7-13(15)10-12/h3,5-6,8-9,13H,2,4,7,10,15H2,1H3. The molecule has 1 atom stereocenters. The number of nitrogens with two attached hydrogens (primary N) is 1. The van der Waals surface area contributed by atoms with E-state index in [-0.39, 0.29) is 0 Å². The largest absolute Gasteiger partial charge is 0.497 e. The summed E-state index contributed by atoms with van der Waals surface area (Å²) in [6, 6.07) is 8.64. The van der Waals surface area contributed by atoms with Gasteiger partial charge in [-0.25, -0.2) is 0 Å². The maximum atomic E-state index is 5.87. The SMILES string of the molecule is COc1ccc(CC=C2CCC(N)C2)cc1. The average molecular weight is 217 g/mol. The molecular weight excluding hydrogens is 198 g/mol. The quantitative estimate of drug-likeness (QED) is 0.790. The highest BCUT2D eigenvalue weighted by Crippen LogP contribution is 2.23. The second kappa shape index (κ2) is 5.17. The predicted molar refractivity (Wildman–Crippen MR) is 66.6 cm³/mol.